The Kier molecular flexibility index (Phi) is 16.3. The van der Waals surface area contributed by atoms with Crippen LogP contribution in [0.5, 0.6) is 0 Å². The van der Waals surface area contributed by atoms with Gasteiger partial charge in [0.25, 0.3) is 0 Å². The van der Waals surface area contributed by atoms with Crippen molar-refractivity contribution in [3.63, 3.8) is 0 Å². The minimum Gasteiger partial charge on any atom is -0.299 e. The Labute approximate surface area is 197 Å². The zero-order chi connectivity index (χ0) is 23.0. The summed E-state index contributed by atoms with van der Waals surface area (Å²) in [6.07, 6.45) is 22.5. The molecule has 2 atom stereocenters. The topological polar surface area (TPSA) is 6.48 Å². The van der Waals surface area contributed by atoms with E-state index in [-0.39, 0.29) is 0 Å². The van der Waals surface area contributed by atoms with Crippen LogP contribution in [0.25, 0.3) is 0 Å². The molecule has 0 amide bonds. The molecule has 1 heterocycles. The van der Waals surface area contributed by atoms with E-state index in [0.717, 1.165) is 6.04 Å². The fraction of sp³-hybridized carbons (Fsp3) is 1.00. The third kappa shape index (κ3) is 12.7. The highest BCUT2D eigenvalue weighted by Gasteiger charge is 2.35. The molecule has 186 valence electrons. The first-order valence-electron chi connectivity index (χ1n) is 14.4. The van der Waals surface area contributed by atoms with E-state index in [1.807, 2.05) is 0 Å². The molecule has 0 radical (unpaired) electrons. The standard InChI is InChI=1S/C29H60N2/c1-7-10-13-15-17-19-23-30-24-20-25-31(26-28(30)29(4,5)6)27(21-12-9-3)22-18-16-14-11-8-2/h27-28H,7-26H2,1-6H3. The first-order valence-corrected chi connectivity index (χ1v) is 14.4. The Hall–Kier alpha value is -0.0800. The van der Waals surface area contributed by atoms with Gasteiger partial charge in [-0.1, -0.05) is 119 Å². The van der Waals surface area contributed by atoms with Crippen molar-refractivity contribution < 1.29 is 0 Å². The molecular formula is C29H60N2. The molecule has 0 aromatic rings. The first-order chi connectivity index (χ1) is 14.9. The van der Waals surface area contributed by atoms with Gasteiger partial charge in [0.1, 0.15) is 0 Å². The molecule has 0 bridgehead atoms. The van der Waals surface area contributed by atoms with Crippen LogP contribution in [-0.2, 0) is 0 Å². The number of hydrogen-bond acceptors (Lipinski definition) is 2. The van der Waals surface area contributed by atoms with Gasteiger partial charge in [0.15, 0.2) is 0 Å². The number of nitrogens with zero attached hydrogens (tertiary/aromatic N) is 2. The predicted molar refractivity (Wildman–Crippen MR) is 141 cm³/mol. The van der Waals surface area contributed by atoms with Crippen LogP contribution in [0, 0.1) is 5.41 Å². The maximum Gasteiger partial charge on any atom is 0.0271 e. The van der Waals surface area contributed by atoms with Crippen LogP contribution in [-0.4, -0.2) is 48.1 Å². The van der Waals surface area contributed by atoms with E-state index in [9.17, 15) is 0 Å². The van der Waals surface area contributed by atoms with Crippen molar-refractivity contribution in [3.05, 3.63) is 0 Å². The fourth-order valence-electron chi connectivity index (χ4n) is 5.51. The molecule has 2 nitrogen and oxygen atoms in total. The van der Waals surface area contributed by atoms with Crippen LogP contribution in [0.15, 0.2) is 0 Å². The first kappa shape index (κ1) is 29.0. The molecule has 0 spiro atoms. The summed E-state index contributed by atoms with van der Waals surface area (Å²) in [5, 5.41) is 0. The summed E-state index contributed by atoms with van der Waals surface area (Å²) in [7, 11) is 0. The van der Waals surface area contributed by atoms with E-state index in [1.54, 1.807) is 0 Å². The van der Waals surface area contributed by atoms with Crippen molar-refractivity contribution in [3.8, 4) is 0 Å². The molecule has 0 N–H and O–H groups in total. The van der Waals surface area contributed by atoms with Crippen LogP contribution in [0.1, 0.15) is 144 Å². The minimum absolute atomic E-state index is 0.362. The summed E-state index contributed by atoms with van der Waals surface area (Å²) >= 11 is 0. The second-order valence-electron chi connectivity index (χ2n) is 11.5. The Bertz CT molecular complexity index is 400. The van der Waals surface area contributed by atoms with Gasteiger partial charge in [-0.3, -0.25) is 9.80 Å². The number of unbranched alkanes of at least 4 members (excludes halogenated alkanes) is 10. The summed E-state index contributed by atoms with van der Waals surface area (Å²) in [5.74, 6) is 0. The Morgan fingerprint density at radius 3 is 1.84 bits per heavy atom. The van der Waals surface area contributed by atoms with Crippen molar-refractivity contribution >= 4 is 0 Å². The molecule has 1 fully saturated rings. The zero-order valence-corrected chi connectivity index (χ0v) is 22.7. The normalized spacial score (nSPS) is 20.1. The molecular weight excluding hydrogens is 376 g/mol. The van der Waals surface area contributed by atoms with Crippen molar-refractivity contribution in [2.45, 2.75) is 156 Å². The third-order valence-electron chi connectivity index (χ3n) is 7.59. The lowest BCUT2D eigenvalue weighted by molar-refractivity contribution is 0.0689. The predicted octanol–water partition coefficient (Wildman–Crippen LogP) is 8.69. The molecule has 1 aliphatic heterocycles. The molecule has 0 aromatic carbocycles. The van der Waals surface area contributed by atoms with Crippen LogP contribution in [0.3, 0.4) is 0 Å². The highest BCUT2D eigenvalue weighted by molar-refractivity contribution is 4.90. The minimum atomic E-state index is 0.362. The van der Waals surface area contributed by atoms with Gasteiger partial charge in [-0.05, 0) is 50.7 Å². The van der Waals surface area contributed by atoms with Gasteiger partial charge in [0.2, 0.25) is 0 Å². The largest absolute Gasteiger partial charge is 0.299 e. The van der Waals surface area contributed by atoms with Gasteiger partial charge in [-0.25, -0.2) is 0 Å². The van der Waals surface area contributed by atoms with Crippen LogP contribution < -0.4 is 0 Å². The van der Waals surface area contributed by atoms with E-state index >= 15 is 0 Å². The van der Waals surface area contributed by atoms with Crippen LogP contribution in [0.2, 0.25) is 0 Å². The summed E-state index contributed by atoms with van der Waals surface area (Å²) in [4.78, 5) is 5.82. The molecule has 0 aliphatic carbocycles. The van der Waals surface area contributed by atoms with Gasteiger partial charge in [-0.2, -0.15) is 0 Å². The molecule has 2 unspecified atom stereocenters. The van der Waals surface area contributed by atoms with Crippen molar-refractivity contribution in [2.75, 3.05) is 26.2 Å². The summed E-state index contributed by atoms with van der Waals surface area (Å²) < 4.78 is 0. The van der Waals surface area contributed by atoms with Gasteiger partial charge in [0, 0.05) is 18.6 Å². The average Bonchev–Trinajstić information content (AvgIpc) is 2.95. The molecule has 1 aliphatic rings. The third-order valence-corrected chi connectivity index (χ3v) is 7.59. The Morgan fingerprint density at radius 1 is 0.677 bits per heavy atom. The van der Waals surface area contributed by atoms with Crippen molar-refractivity contribution in [1.82, 2.24) is 9.80 Å². The lowest BCUT2D eigenvalue weighted by Gasteiger charge is -2.42. The van der Waals surface area contributed by atoms with Gasteiger partial charge in [0.05, 0.1) is 0 Å². The lowest BCUT2D eigenvalue weighted by atomic mass is 9.84. The Balaban J connectivity index is 2.67. The van der Waals surface area contributed by atoms with E-state index in [4.69, 9.17) is 0 Å². The van der Waals surface area contributed by atoms with Gasteiger partial charge < -0.3 is 0 Å². The van der Waals surface area contributed by atoms with E-state index in [1.165, 1.54) is 129 Å². The van der Waals surface area contributed by atoms with E-state index in [2.05, 4.69) is 51.3 Å². The smallest absolute Gasteiger partial charge is 0.0271 e. The lowest BCUT2D eigenvalue weighted by Crippen LogP contribution is -2.51. The second kappa shape index (κ2) is 17.4. The molecule has 2 heteroatoms. The number of hydrogen-bond donors (Lipinski definition) is 0. The van der Waals surface area contributed by atoms with E-state index in [0.29, 0.717) is 11.5 Å². The fourth-order valence-corrected chi connectivity index (χ4v) is 5.51. The van der Waals surface area contributed by atoms with E-state index < -0.39 is 0 Å². The monoisotopic (exact) mass is 436 g/mol. The maximum atomic E-state index is 2.94. The highest BCUT2D eigenvalue weighted by atomic mass is 15.3. The maximum absolute atomic E-state index is 2.94. The summed E-state index contributed by atoms with van der Waals surface area (Å²) in [5.41, 5.74) is 0.362. The molecule has 1 saturated heterocycles. The SMILES string of the molecule is CCCCCCCCN1CCCN(C(CCCC)CCCCCCC)CC1C(C)(C)C. The second-order valence-corrected chi connectivity index (χ2v) is 11.5. The van der Waals surface area contributed by atoms with Gasteiger partial charge in [-0.15, -0.1) is 0 Å². The zero-order valence-electron chi connectivity index (χ0n) is 22.7. The summed E-state index contributed by atoms with van der Waals surface area (Å²) in [6.45, 7) is 19.7. The van der Waals surface area contributed by atoms with Crippen LogP contribution >= 0.6 is 0 Å². The summed E-state index contributed by atoms with van der Waals surface area (Å²) in [6, 6.07) is 1.52. The quantitative estimate of drug-likeness (QED) is 0.210. The van der Waals surface area contributed by atoms with Crippen molar-refractivity contribution in [1.29, 1.82) is 0 Å². The van der Waals surface area contributed by atoms with Crippen LogP contribution in [0.4, 0.5) is 0 Å². The molecule has 0 aromatic heterocycles. The molecule has 0 saturated carbocycles. The number of rotatable bonds is 17. The average molecular weight is 437 g/mol. The Morgan fingerprint density at radius 2 is 1.23 bits per heavy atom. The molecule has 1 rings (SSSR count). The highest BCUT2D eigenvalue weighted by Crippen LogP contribution is 2.30. The molecule has 31 heavy (non-hydrogen) atoms. The van der Waals surface area contributed by atoms with Gasteiger partial charge >= 0.3 is 0 Å². The van der Waals surface area contributed by atoms with Crippen molar-refractivity contribution in [2.24, 2.45) is 5.41 Å².